The summed E-state index contributed by atoms with van der Waals surface area (Å²) in [4.78, 5) is 6.76. The van der Waals surface area contributed by atoms with Gasteiger partial charge < -0.3 is 15.0 Å². The number of nitrogens with one attached hydrogen (secondary N) is 1. The minimum atomic E-state index is 0.463. The summed E-state index contributed by atoms with van der Waals surface area (Å²) in [5, 5.41) is 3.34. The number of aromatic nitrogens is 1. The van der Waals surface area contributed by atoms with Gasteiger partial charge in [-0.05, 0) is 19.9 Å². The maximum Gasteiger partial charge on any atom is 0.215 e. The van der Waals surface area contributed by atoms with Gasteiger partial charge in [-0.15, -0.1) is 0 Å². The second kappa shape index (κ2) is 3.96. The molecule has 0 unspecified atom stereocenters. The second-order valence-corrected chi connectivity index (χ2v) is 3.94. The molecule has 2 heterocycles. The van der Waals surface area contributed by atoms with Crippen LogP contribution in [0, 0.1) is 0 Å². The van der Waals surface area contributed by atoms with Crippen molar-refractivity contribution in [2.24, 2.45) is 0 Å². The third-order valence-corrected chi connectivity index (χ3v) is 2.62. The Balaban J connectivity index is 2.39. The van der Waals surface area contributed by atoms with Crippen molar-refractivity contribution < 1.29 is 4.74 Å². The van der Waals surface area contributed by atoms with Crippen LogP contribution in [0.15, 0.2) is 12.1 Å². The zero-order valence-corrected chi connectivity index (χ0v) is 9.45. The van der Waals surface area contributed by atoms with Crippen LogP contribution in [-0.4, -0.2) is 31.2 Å². The Labute approximate surface area is 90.3 Å². The normalized spacial score (nSPS) is 14.8. The van der Waals surface area contributed by atoms with Gasteiger partial charge in [-0.1, -0.05) is 0 Å². The highest BCUT2D eigenvalue weighted by Gasteiger charge is 2.20. The van der Waals surface area contributed by atoms with Crippen LogP contribution in [0.4, 0.5) is 11.5 Å². The van der Waals surface area contributed by atoms with Gasteiger partial charge in [0.1, 0.15) is 0 Å². The lowest BCUT2D eigenvalue weighted by Crippen LogP contribution is -2.39. The van der Waals surface area contributed by atoms with E-state index in [1.54, 1.807) is 7.11 Å². The van der Waals surface area contributed by atoms with Crippen LogP contribution >= 0.6 is 0 Å². The quantitative estimate of drug-likeness (QED) is 0.801. The molecule has 4 heteroatoms. The minimum Gasteiger partial charge on any atom is -0.481 e. The largest absolute Gasteiger partial charge is 0.481 e. The molecule has 0 bridgehead atoms. The van der Waals surface area contributed by atoms with E-state index in [9.17, 15) is 0 Å². The molecule has 0 saturated carbocycles. The molecule has 0 spiro atoms. The summed E-state index contributed by atoms with van der Waals surface area (Å²) in [7, 11) is 1.64. The summed E-state index contributed by atoms with van der Waals surface area (Å²) in [5.41, 5.74) is 1.09. The maximum absolute atomic E-state index is 5.14. The molecule has 1 N–H and O–H groups in total. The number of fused-ring (bicyclic) bond motifs is 1. The highest BCUT2D eigenvalue weighted by atomic mass is 16.5. The Kier molecular flexibility index (Phi) is 2.66. The van der Waals surface area contributed by atoms with Gasteiger partial charge in [-0.3, -0.25) is 0 Å². The first-order chi connectivity index (χ1) is 7.22. The Morgan fingerprint density at radius 2 is 2.27 bits per heavy atom. The Hall–Kier alpha value is -1.45. The van der Waals surface area contributed by atoms with Gasteiger partial charge in [-0.2, -0.15) is 4.98 Å². The summed E-state index contributed by atoms with van der Waals surface area (Å²) >= 11 is 0. The van der Waals surface area contributed by atoms with E-state index in [0.717, 1.165) is 24.6 Å². The minimum absolute atomic E-state index is 0.463. The first kappa shape index (κ1) is 10.1. The molecule has 0 radical (unpaired) electrons. The van der Waals surface area contributed by atoms with E-state index in [4.69, 9.17) is 4.74 Å². The fourth-order valence-corrected chi connectivity index (χ4v) is 1.82. The van der Waals surface area contributed by atoms with E-state index < -0.39 is 0 Å². The molecule has 4 nitrogen and oxygen atoms in total. The van der Waals surface area contributed by atoms with Crippen molar-refractivity contribution in [2.75, 3.05) is 30.4 Å². The van der Waals surface area contributed by atoms with Crippen LogP contribution < -0.4 is 15.0 Å². The van der Waals surface area contributed by atoms with E-state index in [1.165, 1.54) is 0 Å². The molecule has 1 aromatic heterocycles. The predicted octanol–water partition coefficient (Wildman–Crippen LogP) is 1.73. The lowest BCUT2D eigenvalue weighted by molar-refractivity contribution is 0.397. The Bertz CT molecular complexity index is 352. The van der Waals surface area contributed by atoms with Crippen molar-refractivity contribution in [3.05, 3.63) is 12.1 Å². The molecule has 1 aliphatic rings. The standard InChI is InChI=1S/C11H17N3O/c1-8(2)14-7-6-12-9-4-5-10(15-3)13-11(9)14/h4-5,8,12H,6-7H2,1-3H3. The zero-order valence-electron chi connectivity index (χ0n) is 9.45. The van der Waals surface area contributed by atoms with Gasteiger partial charge in [0.05, 0.1) is 12.8 Å². The van der Waals surface area contributed by atoms with Gasteiger partial charge in [-0.25, -0.2) is 0 Å². The average molecular weight is 207 g/mol. The van der Waals surface area contributed by atoms with Gasteiger partial charge in [0.25, 0.3) is 0 Å². The molecule has 0 saturated heterocycles. The number of hydrogen-bond acceptors (Lipinski definition) is 4. The van der Waals surface area contributed by atoms with E-state index >= 15 is 0 Å². The average Bonchev–Trinajstić information content (AvgIpc) is 2.27. The summed E-state index contributed by atoms with van der Waals surface area (Å²) in [6, 6.07) is 4.37. The molecule has 82 valence electrons. The smallest absolute Gasteiger partial charge is 0.215 e. The first-order valence-corrected chi connectivity index (χ1v) is 5.28. The number of nitrogens with zero attached hydrogens (tertiary/aromatic N) is 2. The van der Waals surface area contributed by atoms with Crippen LogP contribution in [0.3, 0.4) is 0 Å². The fraction of sp³-hybridized carbons (Fsp3) is 0.545. The van der Waals surface area contributed by atoms with E-state index in [2.05, 4.69) is 29.0 Å². The molecule has 0 amide bonds. The number of ether oxygens (including phenoxy) is 1. The zero-order chi connectivity index (χ0) is 10.8. The van der Waals surface area contributed by atoms with Crippen molar-refractivity contribution in [3.63, 3.8) is 0 Å². The summed E-state index contributed by atoms with van der Waals surface area (Å²) in [5.74, 6) is 1.67. The summed E-state index contributed by atoms with van der Waals surface area (Å²) in [6.07, 6.45) is 0. The van der Waals surface area contributed by atoms with Crippen molar-refractivity contribution in [1.82, 2.24) is 4.98 Å². The van der Waals surface area contributed by atoms with Gasteiger partial charge in [0.15, 0.2) is 5.82 Å². The fourth-order valence-electron chi connectivity index (χ4n) is 1.82. The Morgan fingerprint density at radius 3 is 2.93 bits per heavy atom. The number of anilines is 2. The molecule has 2 rings (SSSR count). The van der Waals surface area contributed by atoms with E-state index in [-0.39, 0.29) is 0 Å². The molecule has 0 aliphatic carbocycles. The monoisotopic (exact) mass is 207 g/mol. The van der Waals surface area contributed by atoms with Crippen LogP contribution in [0.25, 0.3) is 0 Å². The predicted molar refractivity (Wildman–Crippen MR) is 61.8 cm³/mol. The molecule has 15 heavy (non-hydrogen) atoms. The van der Waals surface area contributed by atoms with E-state index in [1.807, 2.05) is 12.1 Å². The molecule has 1 aromatic rings. The van der Waals surface area contributed by atoms with Gasteiger partial charge in [0, 0.05) is 25.2 Å². The molecule has 0 fully saturated rings. The third-order valence-electron chi connectivity index (χ3n) is 2.62. The molecule has 0 atom stereocenters. The second-order valence-electron chi connectivity index (χ2n) is 3.94. The highest BCUT2D eigenvalue weighted by molar-refractivity contribution is 5.69. The highest BCUT2D eigenvalue weighted by Crippen LogP contribution is 2.30. The van der Waals surface area contributed by atoms with Crippen molar-refractivity contribution >= 4 is 11.5 Å². The Morgan fingerprint density at radius 1 is 1.47 bits per heavy atom. The van der Waals surface area contributed by atoms with E-state index in [0.29, 0.717) is 11.9 Å². The third kappa shape index (κ3) is 1.84. The molecular weight excluding hydrogens is 190 g/mol. The summed E-state index contributed by atoms with van der Waals surface area (Å²) < 4.78 is 5.14. The lowest BCUT2D eigenvalue weighted by atomic mass is 10.2. The SMILES string of the molecule is COc1ccc2c(n1)N(C(C)C)CCN2. The van der Waals surface area contributed by atoms with Gasteiger partial charge >= 0.3 is 0 Å². The first-order valence-electron chi connectivity index (χ1n) is 5.28. The van der Waals surface area contributed by atoms with Crippen LogP contribution in [0.1, 0.15) is 13.8 Å². The van der Waals surface area contributed by atoms with Crippen LogP contribution in [0.5, 0.6) is 5.88 Å². The number of methoxy groups -OCH3 is 1. The number of hydrogen-bond donors (Lipinski definition) is 1. The van der Waals surface area contributed by atoms with Crippen molar-refractivity contribution in [2.45, 2.75) is 19.9 Å². The summed E-state index contributed by atoms with van der Waals surface area (Å²) in [6.45, 7) is 6.32. The molecule has 0 aromatic carbocycles. The van der Waals surface area contributed by atoms with Crippen molar-refractivity contribution in [3.8, 4) is 5.88 Å². The van der Waals surface area contributed by atoms with Crippen LogP contribution in [0.2, 0.25) is 0 Å². The molecule has 1 aliphatic heterocycles. The lowest BCUT2D eigenvalue weighted by Gasteiger charge is -2.34. The molecular formula is C11H17N3O. The number of pyridine rings is 1. The topological polar surface area (TPSA) is 37.4 Å². The van der Waals surface area contributed by atoms with Gasteiger partial charge in [0.2, 0.25) is 5.88 Å². The maximum atomic E-state index is 5.14. The number of rotatable bonds is 2. The van der Waals surface area contributed by atoms with Crippen molar-refractivity contribution in [1.29, 1.82) is 0 Å². The van der Waals surface area contributed by atoms with Crippen LogP contribution in [-0.2, 0) is 0 Å².